The molecule has 0 spiro atoms. The van der Waals surface area contributed by atoms with Crippen molar-refractivity contribution in [2.75, 3.05) is 19.6 Å². The fraction of sp³-hybridized carbons (Fsp3) is 0.417. The van der Waals surface area contributed by atoms with Crippen LogP contribution in [-0.4, -0.2) is 38.4 Å². The van der Waals surface area contributed by atoms with Crippen molar-refractivity contribution < 1.29 is 12.8 Å². The summed E-state index contributed by atoms with van der Waals surface area (Å²) in [5, 5.41) is 11.9. The molecule has 0 aliphatic carbocycles. The summed E-state index contributed by atoms with van der Waals surface area (Å²) >= 11 is 0. The Bertz CT molecular complexity index is 630. The lowest BCUT2D eigenvalue weighted by molar-refractivity contribution is 0.310. The second-order valence-corrected chi connectivity index (χ2v) is 6.41. The molecule has 1 heterocycles. The molecule has 0 unspecified atom stereocenters. The molecule has 0 amide bonds. The topological polar surface area (TPSA) is 73.2 Å². The van der Waals surface area contributed by atoms with Crippen LogP contribution in [0.1, 0.15) is 12.5 Å². The van der Waals surface area contributed by atoms with Crippen LogP contribution in [-0.2, 0) is 10.0 Å². The molecule has 1 aliphatic rings. The van der Waals surface area contributed by atoms with Crippen LogP contribution in [0.25, 0.3) is 0 Å². The molecule has 20 heavy (non-hydrogen) atoms. The number of rotatable bonds is 2. The Hall–Kier alpha value is -1.20. The highest BCUT2D eigenvalue weighted by molar-refractivity contribution is 7.89. The highest BCUT2D eigenvalue weighted by Gasteiger charge is 2.28. The molecule has 0 aromatic heterocycles. The number of halogens is 2. The third-order valence-corrected chi connectivity index (χ3v) is 4.89. The van der Waals surface area contributed by atoms with E-state index in [0.717, 1.165) is 12.1 Å². The number of hydrogen-bond donors (Lipinski definition) is 1. The molecule has 8 heteroatoms. The third-order valence-electron chi connectivity index (χ3n) is 3.03. The van der Waals surface area contributed by atoms with E-state index in [-0.39, 0.29) is 28.9 Å². The molecular weight excluding hydrogens is 305 g/mol. The Balaban J connectivity index is 0.00000200. The minimum absolute atomic E-state index is 0. The van der Waals surface area contributed by atoms with Gasteiger partial charge < -0.3 is 5.32 Å². The number of nitriles is 1. The van der Waals surface area contributed by atoms with Gasteiger partial charge in [-0.1, -0.05) is 0 Å². The van der Waals surface area contributed by atoms with Gasteiger partial charge in [-0.05, 0) is 25.1 Å². The minimum atomic E-state index is -3.67. The van der Waals surface area contributed by atoms with Crippen molar-refractivity contribution in [3.05, 3.63) is 29.6 Å². The molecule has 1 aromatic rings. The highest BCUT2D eigenvalue weighted by Crippen LogP contribution is 2.19. The fourth-order valence-electron chi connectivity index (χ4n) is 2.01. The van der Waals surface area contributed by atoms with Gasteiger partial charge in [-0.2, -0.15) is 9.57 Å². The Kier molecular flexibility index (Phi) is 5.48. The number of hydrogen-bond acceptors (Lipinski definition) is 4. The van der Waals surface area contributed by atoms with Gasteiger partial charge in [0.2, 0.25) is 10.0 Å². The van der Waals surface area contributed by atoms with Gasteiger partial charge in [-0.3, -0.25) is 0 Å². The van der Waals surface area contributed by atoms with Crippen LogP contribution in [0.3, 0.4) is 0 Å². The summed E-state index contributed by atoms with van der Waals surface area (Å²) in [5.74, 6) is -0.713. The molecule has 110 valence electrons. The molecule has 5 nitrogen and oxygen atoms in total. The molecule has 0 saturated carbocycles. The summed E-state index contributed by atoms with van der Waals surface area (Å²) in [4.78, 5) is -0.0421. The number of sulfonamides is 1. The molecule has 1 atom stereocenters. The van der Waals surface area contributed by atoms with Gasteiger partial charge >= 0.3 is 0 Å². The van der Waals surface area contributed by atoms with E-state index in [2.05, 4.69) is 5.32 Å². The Morgan fingerprint density at radius 1 is 1.50 bits per heavy atom. The lowest BCUT2D eigenvalue weighted by atomic mass is 10.2. The lowest BCUT2D eigenvalue weighted by Crippen LogP contribution is -2.51. The smallest absolute Gasteiger partial charge is 0.243 e. The minimum Gasteiger partial charge on any atom is -0.312 e. The molecule has 2 rings (SSSR count). The molecule has 1 aliphatic heterocycles. The zero-order chi connectivity index (χ0) is 14.0. The van der Waals surface area contributed by atoms with E-state index in [1.165, 1.54) is 10.4 Å². The number of benzene rings is 1. The largest absolute Gasteiger partial charge is 0.312 e. The van der Waals surface area contributed by atoms with E-state index < -0.39 is 15.8 Å². The van der Waals surface area contributed by atoms with Crippen LogP contribution in [0.2, 0.25) is 0 Å². The van der Waals surface area contributed by atoms with Gasteiger partial charge in [-0.15, -0.1) is 12.4 Å². The maximum atomic E-state index is 13.2. The molecule has 0 bridgehead atoms. The number of piperazine rings is 1. The van der Waals surface area contributed by atoms with Gasteiger partial charge in [0.25, 0.3) is 0 Å². The lowest BCUT2D eigenvalue weighted by Gasteiger charge is -2.31. The van der Waals surface area contributed by atoms with Crippen molar-refractivity contribution in [3.8, 4) is 6.07 Å². The first kappa shape index (κ1) is 16.9. The van der Waals surface area contributed by atoms with Crippen LogP contribution >= 0.6 is 12.4 Å². The van der Waals surface area contributed by atoms with E-state index in [9.17, 15) is 12.8 Å². The Morgan fingerprint density at radius 2 is 2.20 bits per heavy atom. The molecule has 1 N–H and O–H groups in total. The average molecular weight is 320 g/mol. The normalized spacial score (nSPS) is 19.9. The van der Waals surface area contributed by atoms with Crippen LogP contribution in [0.15, 0.2) is 23.1 Å². The van der Waals surface area contributed by atoms with E-state index in [0.29, 0.717) is 19.6 Å². The van der Waals surface area contributed by atoms with E-state index >= 15 is 0 Å². The number of nitrogens with one attached hydrogen (secondary N) is 1. The summed E-state index contributed by atoms with van der Waals surface area (Å²) < 4.78 is 39.3. The zero-order valence-corrected chi connectivity index (χ0v) is 12.5. The summed E-state index contributed by atoms with van der Waals surface area (Å²) in [7, 11) is -3.67. The summed E-state index contributed by atoms with van der Waals surface area (Å²) in [6, 6.07) is 5.00. The van der Waals surface area contributed by atoms with Gasteiger partial charge in [0.15, 0.2) is 0 Å². The van der Waals surface area contributed by atoms with E-state index in [1.807, 2.05) is 6.92 Å². The van der Waals surface area contributed by atoms with E-state index in [1.54, 1.807) is 6.07 Å². The van der Waals surface area contributed by atoms with Crippen LogP contribution < -0.4 is 5.32 Å². The molecular formula is C12H15ClFN3O2S. The predicted octanol–water partition coefficient (Wildman–Crippen LogP) is 1.10. The molecule has 1 saturated heterocycles. The first-order valence-corrected chi connectivity index (χ1v) is 7.32. The van der Waals surface area contributed by atoms with Crippen molar-refractivity contribution in [2.45, 2.75) is 17.9 Å². The third kappa shape index (κ3) is 3.27. The predicted molar refractivity (Wildman–Crippen MR) is 74.6 cm³/mol. The standard InChI is InChI=1S/C12H14FN3O2S.ClH/c1-9-8-16(5-4-15-9)19(17,18)11-2-3-12(13)10(6-11)7-14;/h2-3,6,9,15H,4-5,8H2,1H3;1H/t9-;/m0./s1. The monoisotopic (exact) mass is 319 g/mol. The van der Waals surface area contributed by atoms with E-state index in [4.69, 9.17) is 5.26 Å². The SMILES string of the molecule is C[C@H]1CN(S(=O)(=O)c2ccc(F)c(C#N)c2)CCN1.Cl. The summed E-state index contributed by atoms with van der Waals surface area (Å²) in [5.41, 5.74) is -0.260. The van der Waals surface area contributed by atoms with Gasteiger partial charge in [-0.25, -0.2) is 12.8 Å². The Morgan fingerprint density at radius 3 is 2.80 bits per heavy atom. The van der Waals surface area contributed by atoms with Crippen molar-refractivity contribution in [2.24, 2.45) is 0 Å². The summed E-state index contributed by atoms with van der Waals surface area (Å²) in [6.45, 7) is 3.20. The number of nitrogens with zero attached hydrogens (tertiary/aromatic N) is 2. The average Bonchev–Trinajstić information content (AvgIpc) is 2.39. The second-order valence-electron chi connectivity index (χ2n) is 4.47. The zero-order valence-electron chi connectivity index (χ0n) is 10.8. The maximum Gasteiger partial charge on any atom is 0.243 e. The molecule has 1 fully saturated rings. The maximum absolute atomic E-state index is 13.2. The first-order chi connectivity index (χ1) is 8.95. The van der Waals surface area contributed by atoms with Crippen molar-refractivity contribution in [1.82, 2.24) is 9.62 Å². The molecule has 0 radical (unpaired) electrons. The van der Waals surface area contributed by atoms with Crippen LogP contribution in [0, 0.1) is 17.1 Å². The van der Waals surface area contributed by atoms with Crippen molar-refractivity contribution in [3.63, 3.8) is 0 Å². The van der Waals surface area contributed by atoms with Crippen LogP contribution in [0.5, 0.6) is 0 Å². The second kappa shape index (κ2) is 6.50. The fourth-order valence-corrected chi connectivity index (χ4v) is 3.57. The molecule has 1 aromatic carbocycles. The highest BCUT2D eigenvalue weighted by atomic mass is 35.5. The first-order valence-electron chi connectivity index (χ1n) is 5.88. The van der Waals surface area contributed by atoms with Crippen molar-refractivity contribution in [1.29, 1.82) is 5.26 Å². The van der Waals surface area contributed by atoms with Gasteiger partial charge in [0, 0.05) is 25.7 Å². The van der Waals surface area contributed by atoms with Crippen molar-refractivity contribution >= 4 is 22.4 Å². The Labute approximate surface area is 123 Å². The van der Waals surface area contributed by atoms with Gasteiger partial charge in [0.1, 0.15) is 11.9 Å². The van der Waals surface area contributed by atoms with Crippen LogP contribution in [0.4, 0.5) is 4.39 Å². The quantitative estimate of drug-likeness (QED) is 0.886. The summed E-state index contributed by atoms with van der Waals surface area (Å²) in [6.07, 6.45) is 0. The van der Waals surface area contributed by atoms with Gasteiger partial charge in [0.05, 0.1) is 10.5 Å².